The number of carbonyl (C=O) groups excluding carboxylic acids is 2. The minimum absolute atomic E-state index is 0.0987. The van der Waals surface area contributed by atoms with Gasteiger partial charge in [-0.3, -0.25) is 4.79 Å². The van der Waals surface area contributed by atoms with Crippen LogP contribution in [0.4, 0.5) is 9.18 Å². The Kier molecular flexibility index (Phi) is 6.62. The van der Waals surface area contributed by atoms with Gasteiger partial charge in [-0.2, -0.15) is 0 Å². The molecule has 37 heavy (non-hydrogen) atoms. The molecule has 0 saturated carbocycles. The fourth-order valence-electron chi connectivity index (χ4n) is 4.99. The SMILES string of the molecule is CC(C)(C)OC(=O)N[C@@H](Cc1c[nH]c2ccccc12)C(=O)N1CCC(c2noc3cc(F)ccc23)CC1. The number of ether oxygens (including phenoxy) is 1. The fraction of sp³-hybridized carbons (Fsp3) is 0.393. The first-order valence-corrected chi connectivity index (χ1v) is 12.6. The van der Waals surface area contributed by atoms with Crippen LogP contribution in [-0.4, -0.2) is 51.8 Å². The van der Waals surface area contributed by atoms with Crippen molar-refractivity contribution in [2.75, 3.05) is 13.1 Å². The zero-order chi connectivity index (χ0) is 26.2. The number of H-pyrrole nitrogens is 1. The average Bonchev–Trinajstić information content (AvgIpc) is 3.46. The number of para-hydroxylation sites is 1. The summed E-state index contributed by atoms with van der Waals surface area (Å²) in [4.78, 5) is 31.3. The molecule has 2 N–H and O–H groups in total. The van der Waals surface area contributed by atoms with E-state index in [4.69, 9.17) is 9.26 Å². The quantitative estimate of drug-likeness (QED) is 0.383. The number of likely N-dealkylation sites (tertiary alicyclic amines) is 1. The topological polar surface area (TPSA) is 100 Å². The van der Waals surface area contributed by atoms with Crippen molar-refractivity contribution in [2.24, 2.45) is 0 Å². The minimum Gasteiger partial charge on any atom is -0.444 e. The third-order valence-electron chi connectivity index (χ3n) is 6.74. The number of nitrogens with one attached hydrogen (secondary N) is 2. The molecule has 2 aromatic carbocycles. The van der Waals surface area contributed by atoms with E-state index in [9.17, 15) is 14.0 Å². The number of benzene rings is 2. The molecular weight excluding hydrogens is 475 g/mol. The van der Waals surface area contributed by atoms with Crippen LogP contribution in [0.25, 0.3) is 21.9 Å². The van der Waals surface area contributed by atoms with Gasteiger partial charge in [-0.05, 0) is 57.4 Å². The predicted octanol–water partition coefficient (Wildman–Crippen LogP) is 5.29. The monoisotopic (exact) mass is 506 g/mol. The molecule has 8 nitrogen and oxygen atoms in total. The van der Waals surface area contributed by atoms with Gasteiger partial charge >= 0.3 is 6.09 Å². The van der Waals surface area contributed by atoms with Gasteiger partial charge in [-0.15, -0.1) is 0 Å². The number of amides is 2. The summed E-state index contributed by atoms with van der Waals surface area (Å²) in [5.74, 6) is -0.419. The Morgan fingerprint density at radius 1 is 1.19 bits per heavy atom. The largest absolute Gasteiger partial charge is 0.444 e. The Balaban J connectivity index is 1.31. The van der Waals surface area contributed by atoms with Crippen LogP contribution in [0.2, 0.25) is 0 Å². The summed E-state index contributed by atoms with van der Waals surface area (Å²) in [6.45, 7) is 6.39. The lowest BCUT2D eigenvalue weighted by Crippen LogP contribution is -2.52. The summed E-state index contributed by atoms with van der Waals surface area (Å²) in [6, 6.07) is 11.5. The van der Waals surface area contributed by atoms with Gasteiger partial charge in [0, 0.05) is 54.0 Å². The van der Waals surface area contributed by atoms with Crippen LogP contribution in [0.1, 0.15) is 50.8 Å². The molecule has 3 heterocycles. The van der Waals surface area contributed by atoms with Crippen molar-refractivity contribution in [1.29, 1.82) is 0 Å². The fourth-order valence-corrected chi connectivity index (χ4v) is 4.99. The van der Waals surface area contributed by atoms with Crippen LogP contribution in [0.5, 0.6) is 0 Å². The van der Waals surface area contributed by atoms with E-state index in [0.717, 1.165) is 27.5 Å². The third-order valence-corrected chi connectivity index (χ3v) is 6.74. The molecular formula is C28H31FN4O4. The second-order valence-electron chi connectivity index (χ2n) is 10.6. The molecule has 0 bridgehead atoms. The maximum Gasteiger partial charge on any atom is 0.408 e. The van der Waals surface area contributed by atoms with Crippen LogP contribution >= 0.6 is 0 Å². The summed E-state index contributed by atoms with van der Waals surface area (Å²) in [5.41, 5.74) is 2.46. The molecule has 1 aliphatic heterocycles. The van der Waals surface area contributed by atoms with E-state index in [1.54, 1.807) is 31.7 Å². The predicted molar refractivity (Wildman–Crippen MR) is 138 cm³/mol. The van der Waals surface area contributed by atoms with Crippen LogP contribution in [-0.2, 0) is 16.0 Å². The van der Waals surface area contributed by atoms with Gasteiger partial charge < -0.3 is 24.5 Å². The maximum atomic E-state index is 13.7. The Morgan fingerprint density at radius 2 is 1.95 bits per heavy atom. The molecule has 1 atom stereocenters. The highest BCUT2D eigenvalue weighted by Crippen LogP contribution is 2.33. The van der Waals surface area contributed by atoms with Crippen molar-refractivity contribution >= 4 is 33.9 Å². The summed E-state index contributed by atoms with van der Waals surface area (Å²) in [5, 5.41) is 8.82. The smallest absolute Gasteiger partial charge is 0.408 e. The van der Waals surface area contributed by atoms with Gasteiger partial charge in [-0.25, -0.2) is 9.18 Å². The third kappa shape index (κ3) is 5.45. The first-order chi connectivity index (χ1) is 17.7. The van der Waals surface area contributed by atoms with E-state index in [1.165, 1.54) is 12.1 Å². The van der Waals surface area contributed by atoms with Crippen LogP contribution in [0, 0.1) is 5.82 Å². The second kappa shape index (κ2) is 9.88. The van der Waals surface area contributed by atoms with Crippen molar-refractivity contribution in [3.8, 4) is 0 Å². The van der Waals surface area contributed by atoms with Crippen LogP contribution in [0.3, 0.4) is 0 Å². The van der Waals surface area contributed by atoms with Gasteiger partial charge in [0.15, 0.2) is 5.58 Å². The van der Waals surface area contributed by atoms with Gasteiger partial charge in [0.2, 0.25) is 5.91 Å². The first-order valence-electron chi connectivity index (χ1n) is 12.6. The first kappa shape index (κ1) is 24.8. The molecule has 9 heteroatoms. The molecule has 1 saturated heterocycles. The van der Waals surface area contributed by atoms with Crippen molar-refractivity contribution in [2.45, 2.75) is 57.6 Å². The minimum atomic E-state index is -0.776. The standard InChI is InChI=1S/C28H31FN4O4/c1-28(2,3)36-27(35)31-23(14-18-16-30-22-7-5-4-6-20(18)22)26(34)33-12-10-17(11-13-33)25-21-9-8-19(29)15-24(21)37-32-25/h4-9,15-17,23,30H,10-14H2,1-3H3,(H,31,35)/t23-/m0/s1. The molecule has 2 aromatic heterocycles. The lowest BCUT2D eigenvalue weighted by molar-refractivity contribution is -0.134. The number of aromatic nitrogens is 2. The molecule has 1 fully saturated rings. The number of hydrogen-bond acceptors (Lipinski definition) is 5. The summed E-state index contributed by atoms with van der Waals surface area (Å²) >= 11 is 0. The number of carbonyl (C=O) groups is 2. The average molecular weight is 507 g/mol. The molecule has 194 valence electrons. The Hall–Kier alpha value is -3.88. The second-order valence-corrected chi connectivity index (χ2v) is 10.6. The number of halogens is 1. The van der Waals surface area contributed by atoms with E-state index >= 15 is 0 Å². The van der Waals surface area contributed by atoms with Crippen molar-refractivity contribution in [3.63, 3.8) is 0 Å². The van der Waals surface area contributed by atoms with E-state index < -0.39 is 17.7 Å². The highest BCUT2D eigenvalue weighted by molar-refractivity contribution is 5.88. The number of nitrogens with zero attached hydrogens (tertiary/aromatic N) is 2. The summed E-state index contributed by atoms with van der Waals surface area (Å²) < 4.78 is 24.3. The van der Waals surface area contributed by atoms with Crippen LogP contribution < -0.4 is 5.32 Å². The number of fused-ring (bicyclic) bond motifs is 2. The van der Waals surface area contributed by atoms with E-state index in [2.05, 4.69) is 15.5 Å². The highest BCUT2D eigenvalue weighted by atomic mass is 19.1. The molecule has 4 aromatic rings. The van der Waals surface area contributed by atoms with Crippen LogP contribution in [0.15, 0.2) is 53.2 Å². The van der Waals surface area contributed by atoms with Crippen molar-refractivity contribution in [3.05, 3.63) is 65.7 Å². The molecule has 1 aliphatic rings. The van der Waals surface area contributed by atoms with Crippen molar-refractivity contribution in [1.82, 2.24) is 20.4 Å². The Bertz CT molecular complexity index is 1430. The van der Waals surface area contributed by atoms with E-state index in [1.807, 2.05) is 30.5 Å². The van der Waals surface area contributed by atoms with Gasteiger partial charge in [0.25, 0.3) is 0 Å². The zero-order valence-corrected chi connectivity index (χ0v) is 21.2. The van der Waals surface area contributed by atoms with Crippen molar-refractivity contribution < 1.29 is 23.2 Å². The Labute approximate surface area is 214 Å². The van der Waals surface area contributed by atoms with E-state index in [0.29, 0.717) is 37.9 Å². The summed E-state index contributed by atoms with van der Waals surface area (Å²) in [6.07, 6.45) is 2.98. The number of rotatable bonds is 5. The molecule has 5 rings (SSSR count). The number of hydrogen-bond donors (Lipinski definition) is 2. The lowest BCUT2D eigenvalue weighted by atomic mass is 9.91. The Morgan fingerprint density at radius 3 is 2.70 bits per heavy atom. The lowest BCUT2D eigenvalue weighted by Gasteiger charge is -2.34. The molecule has 2 amide bonds. The zero-order valence-electron chi connectivity index (χ0n) is 21.2. The highest BCUT2D eigenvalue weighted by Gasteiger charge is 2.33. The van der Waals surface area contributed by atoms with Gasteiger partial charge in [-0.1, -0.05) is 23.4 Å². The normalized spacial score (nSPS) is 15.7. The van der Waals surface area contributed by atoms with Gasteiger partial charge in [0.05, 0.1) is 5.69 Å². The molecule has 0 radical (unpaired) electrons. The summed E-state index contributed by atoms with van der Waals surface area (Å²) in [7, 11) is 0. The molecule has 0 spiro atoms. The van der Waals surface area contributed by atoms with Gasteiger partial charge in [0.1, 0.15) is 17.5 Å². The maximum absolute atomic E-state index is 13.7. The molecule has 0 aliphatic carbocycles. The number of piperidine rings is 1. The number of aromatic amines is 1. The molecule has 0 unspecified atom stereocenters. The number of alkyl carbamates (subject to hydrolysis) is 1. The van der Waals surface area contributed by atoms with E-state index in [-0.39, 0.29) is 17.6 Å².